The molecule has 1 unspecified atom stereocenters. The number of benzene rings is 1. The molecule has 0 radical (unpaired) electrons. The quantitative estimate of drug-likeness (QED) is 0.494. The summed E-state index contributed by atoms with van der Waals surface area (Å²) in [5, 5.41) is 2.21. The first kappa shape index (κ1) is 15.9. The first-order valence-corrected chi connectivity index (χ1v) is 7.33. The molecule has 0 saturated carbocycles. The lowest BCUT2D eigenvalue weighted by atomic mass is 10.1. The van der Waals surface area contributed by atoms with Crippen LogP contribution in [0.15, 0.2) is 35.3 Å². The Balaban J connectivity index is 2.10. The molecule has 0 aromatic heterocycles. The Morgan fingerprint density at radius 3 is 2.64 bits per heavy atom. The molecule has 6 heteroatoms. The van der Waals surface area contributed by atoms with Gasteiger partial charge in [-0.1, -0.05) is 43.7 Å². The monoisotopic (exact) mass is 301 g/mol. The number of aliphatic imine (C=N–C) groups is 1. The minimum Gasteiger partial charge on any atom is -0.296 e. The van der Waals surface area contributed by atoms with Crippen molar-refractivity contribution in [3.8, 4) is 0 Å². The van der Waals surface area contributed by atoms with Crippen molar-refractivity contribution in [1.82, 2.24) is 10.2 Å². The van der Waals surface area contributed by atoms with Crippen LogP contribution < -0.4 is 5.32 Å². The van der Waals surface area contributed by atoms with Crippen molar-refractivity contribution >= 4 is 24.1 Å². The predicted octanol–water partition coefficient (Wildman–Crippen LogP) is 1.75. The largest absolute Gasteiger partial charge is 0.331 e. The molecule has 1 aromatic rings. The van der Waals surface area contributed by atoms with Crippen molar-refractivity contribution in [3.63, 3.8) is 0 Å². The van der Waals surface area contributed by atoms with Crippen LogP contribution in [0.2, 0.25) is 0 Å². The van der Waals surface area contributed by atoms with Crippen LogP contribution in [0.25, 0.3) is 0 Å². The fraction of sp³-hybridized carbons (Fsp3) is 0.375. The van der Waals surface area contributed by atoms with Crippen LogP contribution >= 0.6 is 0 Å². The van der Waals surface area contributed by atoms with Gasteiger partial charge in [-0.25, -0.2) is 4.79 Å². The second kappa shape index (κ2) is 7.49. The average Bonchev–Trinajstić information content (AvgIpc) is 2.51. The molecule has 4 amide bonds. The Morgan fingerprint density at radius 1 is 1.23 bits per heavy atom. The molecule has 1 aliphatic heterocycles. The number of imide groups is 2. The van der Waals surface area contributed by atoms with E-state index in [4.69, 9.17) is 0 Å². The van der Waals surface area contributed by atoms with E-state index in [1.54, 1.807) is 0 Å². The molecule has 6 nitrogen and oxygen atoms in total. The highest BCUT2D eigenvalue weighted by molar-refractivity contribution is 6.23. The van der Waals surface area contributed by atoms with E-state index in [0.29, 0.717) is 6.54 Å². The predicted molar refractivity (Wildman–Crippen MR) is 82.3 cm³/mol. The molecule has 1 aliphatic rings. The Hall–Kier alpha value is -2.50. The molecule has 1 saturated heterocycles. The molecule has 1 aromatic carbocycles. The van der Waals surface area contributed by atoms with Crippen molar-refractivity contribution in [1.29, 1.82) is 0 Å². The third-order valence-electron chi connectivity index (χ3n) is 3.37. The first-order chi connectivity index (χ1) is 10.6. The van der Waals surface area contributed by atoms with E-state index in [1.807, 2.05) is 37.3 Å². The maximum Gasteiger partial charge on any atom is 0.331 e. The lowest BCUT2D eigenvalue weighted by molar-refractivity contribution is -0.139. The minimum absolute atomic E-state index is 0.137. The van der Waals surface area contributed by atoms with Gasteiger partial charge in [0.05, 0.1) is 6.54 Å². The number of nitrogens with one attached hydrogen (secondary N) is 1. The summed E-state index contributed by atoms with van der Waals surface area (Å²) in [6, 6.07) is 8.47. The number of barbiturate groups is 1. The third-order valence-corrected chi connectivity index (χ3v) is 3.37. The summed E-state index contributed by atoms with van der Waals surface area (Å²) in [5.41, 5.74) is 0.821. The minimum atomic E-state index is -1.03. The maximum atomic E-state index is 12.4. The van der Waals surface area contributed by atoms with Gasteiger partial charge in [-0.15, -0.1) is 0 Å². The number of urea groups is 1. The van der Waals surface area contributed by atoms with Gasteiger partial charge in [0.1, 0.15) is 0 Å². The van der Waals surface area contributed by atoms with Gasteiger partial charge in [0, 0.05) is 12.8 Å². The molecule has 1 atom stereocenters. The Labute approximate surface area is 129 Å². The van der Waals surface area contributed by atoms with Crippen LogP contribution in [-0.2, 0) is 16.1 Å². The molecule has 1 heterocycles. The summed E-state index contributed by atoms with van der Waals surface area (Å²) in [4.78, 5) is 41.2. The first-order valence-electron chi connectivity index (χ1n) is 7.33. The van der Waals surface area contributed by atoms with Crippen LogP contribution in [0.3, 0.4) is 0 Å². The number of unbranched alkanes of at least 4 members (excludes halogenated alkanes) is 1. The van der Waals surface area contributed by atoms with E-state index in [9.17, 15) is 14.4 Å². The van der Waals surface area contributed by atoms with Gasteiger partial charge in [0.15, 0.2) is 5.92 Å². The maximum absolute atomic E-state index is 12.4. The zero-order chi connectivity index (χ0) is 15.9. The third kappa shape index (κ3) is 3.78. The number of hydrogen-bond donors (Lipinski definition) is 1. The highest BCUT2D eigenvalue weighted by Gasteiger charge is 2.39. The molecule has 2 rings (SSSR count). The molecular formula is C16H19N3O3. The summed E-state index contributed by atoms with van der Waals surface area (Å²) in [6.07, 6.45) is 3.23. The van der Waals surface area contributed by atoms with E-state index in [1.165, 1.54) is 6.21 Å². The van der Waals surface area contributed by atoms with Gasteiger partial charge in [-0.05, 0) is 12.0 Å². The molecule has 1 N–H and O–H groups in total. The summed E-state index contributed by atoms with van der Waals surface area (Å²) < 4.78 is 0. The SMILES string of the molecule is CCCCN=CC1C(=O)NC(=O)N(Cc2ccccc2)C1=O. The second-order valence-corrected chi connectivity index (χ2v) is 5.09. The zero-order valence-electron chi connectivity index (χ0n) is 12.5. The molecule has 1 fully saturated rings. The number of nitrogens with zero attached hydrogens (tertiary/aromatic N) is 2. The molecule has 116 valence electrons. The normalized spacial score (nSPS) is 18.9. The van der Waals surface area contributed by atoms with Crippen LogP contribution in [0.4, 0.5) is 4.79 Å². The standard InChI is InChI=1S/C16H19N3O3/c1-2-3-9-17-10-13-14(20)18-16(22)19(15(13)21)11-12-7-5-4-6-8-12/h4-8,10,13H,2-3,9,11H2,1H3,(H,18,20,22). The van der Waals surface area contributed by atoms with Crippen LogP contribution in [0, 0.1) is 5.92 Å². The van der Waals surface area contributed by atoms with Crippen molar-refractivity contribution in [3.05, 3.63) is 35.9 Å². The van der Waals surface area contributed by atoms with Crippen LogP contribution in [0.1, 0.15) is 25.3 Å². The highest BCUT2D eigenvalue weighted by Crippen LogP contribution is 2.13. The number of rotatable bonds is 6. The van der Waals surface area contributed by atoms with E-state index in [0.717, 1.165) is 23.3 Å². The van der Waals surface area contributed by atoms with E-state index in [-0.39, 0.29) is 6.54 Å². The molecule has 0 spiro atoms. The Kier molecular flexibility index (Phi) is 5.41. The molecule has 0 bridgehead atoms. The van der Waals surface area contributed by atoms with Crippen molar-refractivity contribution in [2.24, 2.45) is 10.9 Å². The number of carbonyl (C=O) groups excluding carboxylic acids is 3. The average molecular weight is 301 g/mol. The van der Waals surface area contributed by atoms with Gasteiger partial charge in [-0.2, -0.15) is 0 Å². The van der Waals surface area contributed by atoms with Crippen molar-refractivity contribution in [2.45, 2.75) is 26.3 Å². The number of hydrogen-bond acceptors (Lipinski definition) is 4. The Morgan fingerprint density at radius 2 is 1.95 bits per heavy atom. The summed E-state index contributed by atoms with van der Waals surface area (Å²) in [5.74, 6) is -2.17. The summed E-state index contributed by atoms with van der Waals surface area (Å²) in [6.45, 7) is 2.74. The van der Waals surface area contributed by atoms with Crippen LogP contribution in [0.5, 0.6) is 0 Å². The van der Waals surface area contributed by atoms with Gasteiger partial charge in [0.2, 0.25) is 11.8 Å². The Bertz CT molecular complexity index is 584. The number of carbonyl (C=O) groups is 3. The zero-order valence-corrected chi connectivity index (χ0v) is 12.5. The smallest absolute Gasteiger partial charge is 0.296 e. The fourth-order valence-corrected chi connectivity index (χ4v) is 2.11. The van der Waals surface area contributed by atoms with Gasteiger partial charge < -0.3 is 0 Å². The number of amides is 4. The molecule has 22 heavy (non-hydrogen) atoms. The molecule has 0 aliphatic carbocycles. The van der Waals surface area contributed by atoms with Crippen LogP contribution in [-0.4, -0.2) is 35.5 Å². The van der Waals surface area contributed by atoms with Gasteiger partial charge in [-0.3, -0.25) is 24.8 Å². The van der Waals surface area contributed by atoms with Gasteiger partial charge >= 0.3 is 6.03 Å². The highest BCUT2D eigenvalue weighted by atomic mass is 16.2. The van der Waals surface area contributed by atoms with Crippen molar-refractivity contribution in [2.75, 3.05) is 6.54 Å². The topological polar surface area (TPSA) is 78.8 Å². The summed E-state index contributed by atoms with van der Waals surface area (Å²) >= 11 is 0. The van der Waals surface area contributed by atoms with Gasteiger partial charge in [0.25, 0.3) is 0 Å². The lowest BCUT2D eigenvalue weighted by Gasteiger charge is -2.28. The van der Waals surface area contributed by atoms with Crippen molar-refractivity contribution < 1.29 is 14.4 Å². The summed E-state index contributed by atoms with van der Waals surface area (Å²) in [7, 11) is 0. The lowest BCUT2D eigenvalue weighted by Crippen LogP contribution is -2.57. The van der Waals surface area contributed by atoms with E-state index >= 15 is 0 Å². The van der Waals surface area contributed by atoms with E-state index in [2.05, 4.69) is 10.3 Å². The molecular weight excluding hydrogens is 282 g/mol. The van der Waals surface area contributed by atoms with E-state index < -0.39 is 23.8 Å². The second-order valence-electron chi connectivity index (χ2n) is 5.09. The fourth-order valence-electron chi connectivity index (χ4n) is 2.11.